The van der Waals surface area contributed by atoms with Crippen molar-refractivity contribution in [1.29, 1.82) is 0 Å². The van der Waals surface area contributed by atoms with Crippen LogP contribution in [0.4, 0.5) is 0 Å². The minimum absolute atomic E-state index is 0. The highest BCUT2D eigenvalue weighted by Gasteiger charge is 2.19. The van der Waals surface area contributed by atoms with Gasteiger partial charge in [-0.05, 0) is 5.56 Å². The number of rotatable bonds is 5. The fourth-order valence-corrected chi connectivity index (χ4v) is 3.73. The molecular weight excluding hydrogens is 376 g/mol. The van der Waals surface area contributed by atoms with Crippen LogP contribution < -0.4 is 10.6 Å². The topological polar surface area (TPSA) is 67.6 Å². The van der Waals surface area contributed by atoms with Crippen LogP contribution in [0.2, 0.25) is 0 Å². The van der Waals surface area contributed by atoms with Gasteiger partial charge in [0.05, 0.1) is 13.1 Å². The summed E-state index contributed by atoms with van der Waals surface area (Å²) in [4.78, 5) is 39.8. The van der Waals surface area contributed by atoms with Crippen molar-refractivity contribution < 1.29 is 4.79 Å². The van der Waals surface area contributed by atoms with Gasteiger partial charge in [-0.25, -0.2) is 13.3 Å². The van der Waals surface area contributed by atoms with Crippen LogP contribution in [0.3, 0.4) is 0 Å². The summed E-state index contributed by atoms with van der Waals surface area (Å²) in [6.07, 6.45) is 0. The average Bonchev–Trinajstić information content (AvgIpc) is 2.89. The van der Waals surface area contributed by atoms with Gasteiger partial charge in [0.2, 0.25) is 5.91 Å². The van der Waals surface area contributed by atoms with E-state index in [2.05, 4.69) is 4.90 Å². The van der Waals surface area contributed by atoms with Crippen LogP contribution in [0.25, 0.3) is 0 Å². The molecule has 1 aromatic heterocycles. The number of piperazine rings is 1. The number of hydrogen-bond donors (Lipinski definition) is 0. The molecule has 0 saturated carbocycles. The van der Waals surface area contributed by atoms with E-state index in [9.17, 15) is 14.4 Å². The Morgan fingerprint density at radius 3 is 2.31 bits per heavy atom. The highest BCUT2D eigenvalue weighted by atomic mass is 35.5. The molecule has 1 saturated heterocycles. The van der Waals surface area contributed by atoms with E-state index in [1.54, 1.807) is 6.92 Å². The Balaban J connectivity index is 0.00000243. The Labute approximate surface area is 162 Å². The smallest absolute Gasteiger partial charge is 0.340 e. The van der Waals surface area contributed by atoms with Crippen molar-refractivity contribution in [3.05, 3.63) is 56.0 Å². The zero-order valence-electron chi connectivity index (χ0n) is 14.7. The van der Waals surface area contributed by atoms with Gasteiger partial charge in [0.25, 0.3) is 0 Å². The first-order valence-electron chi connectivity index (χ1n) is 8.37. The molecular formula is C17H23ClN4O3S. The molecule has 2 heterocycles. The number of amides is 1. The standard InChI is InChI=1S/C17H22N4O3S.ClH/c1-14(22)19-10-7-18(8-11-19)9-12-21-16(23)20(17(24)25-21)13-15-5-3-2-4-6-15;/h2-6H,7-13H2,1H3;1H. The number of carbonyl (C=O) groups excluding carboxylic acids is 1. The summed E-state index contributed by atoms with van der Waals surface area (Å²) in [5.41, 5.74) is 0.688. The highest BCUT2D eigenvalue weighted by molar-refractivity contribution is 7.03. The normalized spacial score (nSPS) is 14.9. The first-order chi connectivity index (χ1) is 12.0. The van der Waals surface area contributed by atoms with E-state index in [0.717, 1.165) is 43.3 Å². The lowest BCUT2D eigenvalue weighted by atomic mass is 10.2. The summed E-state index contributed by atoms with van der Waals surface area (Å²) in [5, 5.41) is 0. The van der Waals surface area contributed by atoms with Crippen LogP contribution in [-0.2, 0) is 17.9 Å². The molecule has 0 N–H and O–H groups in total. The molecule has 0 atom stereocenters. The Hall–Kier alpha value is -1.90. The van der Waals surface area contributed by atoms with Crippen LogP contribution in [0.1, 0.15) is 12.5 Å². The third-order valence-corrected chi connectivity index (χ3v) is 5.41. The average molecular weight is 399 g/mol. The van der Waals surface area contributed by atoms with Crippen molar-refractivity contribution in [2.75, 3.05) is 32.7 Å². The molecule has 0 spiro atoms. The fourth-order valence-electron chi connectivity index (χ4n) is 2.95. The van der Waals surface area contributed by atoms with Crippen LogP contribution in [0, 0.1) is 0 Å². The molecule has 2 aromatic rings. The predicted molar refractivity (Wildman–Crippen MR) is 104 cm³/mol. The molecule has 1 aromatic carbocycles. The molecule has 0 radical (unpaired) electrons. The van der Waals surface area contributed by atoms with Gasteiger partial charge in [-0.1, -0.05) is 30.3 Å². The first kappa shape index (κ1) is 20.4. The van der Waals surface area contributed by atoms with Crippen LogP contribution >= 0.6 is 23.9 Å². The molecule has 0 aliphatic carbocycles. The quantitative estimate of drug-likeness (QED) is 0.743. The molecule has 9 heteroatoms. The summed E-state index contributed by atoms with van der Waals surface area (Å²) in [6.45, 7) is 6.13. The molecule has 1 amide bonds. The van der Waals surface area contributed by atoms with E-state index < -0.39 is 0 Å². The number of carbonyl (C=O) groups is 1. The molecule has 1 fully saturated rings. The van der Waals surface area contributed by atoms with Crippen molar-refractivity contribution >= 4 is 29.8 Å². The minimum Gasteiger partial charge on any atom is -0.340 e. The van der Waals surface area contributed by atoms with Crippen molar-refractivity contribution in [3.63, 3.8) is 0 Å². The second-order valence-electron chi connectivity index (χ2n) is 6.16. The fraction of sp³-hybridized carbons (Fsp3) is 0.471. The predicted octanol–water partition coefficient (Wildman–Crippen LogP) is 0.706. The summed E-state index contributed by atoms with van der Waals surface area (Å²) < 4.78 is 2.82. The zero-order valence-corrected chi connectivity index (χ0v) is 16.3. The first-order valence-corrected chi connectivity index (χ1v) is 9.14. The number of hydrogen-bond acceptors (Lipinski definition) is 5. The summed E-state index contributed by atoms with van der Waals surface area (Å²) in [7, 11) is 0. The van der Waals surface area contributed by atoms with Gasteiger partial charge in [-0.15, -0.1) is 12.4 Å². The summed E-state index contributed by atoms with van der Waals surface area (Å²) >= 11 is 0.975. The Bertz CT molecular complexity index is 838. The van der Waals surface area contributed by atoms with Crippen molar-refractivity contribution in [2.24, 2.45) is 0 Å². The SMILES string of the molecule is CC(=O)N1CCN(CCn2sc(=O)n(Cc3ccccc3)c2=O)CC1.Cl. The Morgan fingerprint density at radius 2 is 1.69 bits per heavy atom. The van der Waals surface area contributed by atoms with E-state index in [1.165, 1.54) is 8.52 Å². The molecule has 26 heavy (non-hydrogen) atoms. The second-order valence-corrected chi connectivity index (χ2v) is 7.13. The van der Waals surface area contributed by atoms with E-state index in [1.807, 2.05) is 35.2 Å². The van der Waals surface area contributed by atoms with Gasteiger partial charge < -0.3 is 4.90 Å². The molecule has 1 aliphatic heterocycles. The van der Waals surface area contributed by atoms with Gasteiger partial charge in [-0.3, -0.25) is 14.5 Å². The second kappa shape index (κ2) is 9.16. The van der Waals surface area contributed by atoms with Gasteiger partial charge >= 0.3 is 10.6 Å². The summed E-state index contributed by atoms with van der Waals surface area (Å²) in [5.74, 6) is 0.104. The number of benzene rings is 1. The highest BCUT2D eigenvalue weighted by Crippen LogP contribution is 2.03. The van der Waals surface area contributed by atoms with Gasteiger partial charge in [0.1, 0.15) is 0 Å². The zero-order chi connectivity index (χ0) is 17.8. The monoisotopic (exact) mass is 398 g/mol. The van der Waals surface area contributed by atoms with Crippen LogP contribution in [-0.4, -0.2) is 57.0 Å². The lowest BCUT2D eigenvalue weighted by molar-refractivity contribution is -0.130. The molecule has 0 bridgehead atoms. The Kier molecular flexibility index (Phi) is 7.19. The maximum atomic E-state index is 12.5. The Morgan fingerprint density at radius 1 is 1.04 bits per heavy atom. The molecule has 7 nitrogen and oxygen atoms in total. The molecule has 1 aliphatic rings. The third-order valence-electron chi connectivity index (χ3n) is 4.47. The van der Waals surface area contributed by atoms with E-state index in [-0.39, 0.29) is 28.9 Å². The molecule has 0 unspecified atom stereocenters. The van der Waals surface area contributed by atoms with Crippen molar-refractivity contribution in [2.45, 2.75) is 20.0 Å². The number of nitrogens with zero attached hydrogens (tertiary/aromatic N) is 4. The minimum atomic E-state index is -0.249. The lowest BCUT2D eigenvalue weighted by Crippen LogP contribution is -2.48. The van der Waals surface area contributed by atoms with Crippen LogP contribution in [0.5, 0.6) is 0 Å². The summed E-state index contributed by atoms with van der Waals surface area (Å²) in [6, 6.07) is 9.51. The van der Waals surface area contributed by atoms with Crippen molar-refractivity contribution in [3.8, 4) is 0 Å². The molecule has 3 rings (SSSR count). The lowest BCUT2D eigenvalue weighted by Gasteiger charge is -2.34. The van der Waals surface area contributed by atoms with E-state index in [4.69, 9.17) is 0 Å². The van der Waals surface area contributed by atoms with Gasteiger partial charge in [-0.2, -0.15) is 0 Å². The van der Waals surface area contributed by atoms with E-state index in [0.29, 0.717) is 19.6 Å². The largest absolute Gasteiger partial charge is 0.341 e. The number of aromatic nitrogens is 2. The maximum Gasteiger partial charge on any atom is 0.341 e. The maximum absolute atomic E-state index is 12.5. The van der Waals surface area contributed by atoms with Crippen molar-refractivity contribution in [1.82, 2.24) is 18.3 Å². The molecule has 142 valence electrons. The van der Waals surface area contributed by atoms with E-state index >= 15 is 0 Å². The van der Waals surface area contributed by atoms with Crippen LogP contribution in [0.15, 0.2) is 39.9 Å². The van der Waals surface area contributed by atoms with Gasteiger partial charge in [0, 0.05) is 51.2 Å². The third kappa shape index (κ3) is 4.84. The van der Waals surface area contributed by atoms with Gasteiger partial charge in [0.15, 0.2) is 0 Å². The number of halogens is 1.